The molecule has 0 radical (unpaired) electrons. The summed E-state index contributed by atoms with van der Waals surface area (Å²) in [5, 5.41) is 1.16. The molecule has 0 spiro atoms. The minimum atomic E-state index is -0.500. The van der Waals surface area contributed by atoms with E-state index in [1.165, 1.54) is 11.8 Å². The monoisotopic (exact) mass is 260 g/mol. The van der Waals surface area contributed by atoms with Crippen LogP contribution in [-0.4, -0.2) is 4.17 Å². The molecule has 66 valence electrons. The van der Waals surface area contributed by atoms with Crippen molar-refractivity contribution in [2.45, 2.75) is 9.06 Å². The standard InChI is InChI=1S/C7H4Cl4S/c8-4-1-5(9)3-6(2-4)12-7(10)11/h1-3,7H. The Kier molecular flexibility index (Phi) is 4.35. The molecule has 5 heteroatoms. The summed E-state index contributed by atoms with van der Waals surface area (Å²) < 4.78 is -0.500. The first-order chi connectivity index (χ1) is 5.58. The fourth-order valence-corrected chi connectivity index (χ4v) is 2.57. The van der Waals surface area contributed by atoms with Crippen molar-refractivity contribution < 1.29 is 0 Å². The zero-order valence-electron chi connectivity index (χ0n) is 5.73. The average Bonchev–Trinajstić information content (AvgIpc) is 1.81. The molecule has 0 aromatic heterocycles. The van der Waals surface area contributed by atoms with Gasteiger partial charge in [0.2, 0.25) is 0 Å². The Morgan fingerprint density at radius 3 is 1.92 bits per heavy atom. The highest BCUT2D eigenvalue weighted by Crippen LogP contribution is 2.32. The molecule has 1 rings (SSSR count). The van der Waals surface area contributed by atoms with Gasteiger partial charge in [0.25, 0.3) is 0 Å². The topological polar surface area (TPSA) is 0 Å². The minimum Gasteiger partial charge on any atom is -0.0928 e. The maximum atomic E-state index is 5.75. The predicted molar refractivity (Wildman–Crippen MR) is 57.8 cm³/mol. The summed E-state index contributed by atoms with van der Waals surface area (Å²) in [6, 6.07) is 5.18. The number of hydrogen-bond donors (Lipinski definition) is 0. The van der Waals surface area contributed by atoms with E-state index in [9.17, 15) is 0 Å². The zero-order chi connectivity index (χ0) is 9.14. The number of alkyl halides is 2. The highest BCUT2D eigenvalue weighted by Gasteiger charge is 2.03. The van der Waals surface area contributed by atoms with Crippen LogP contribution in [0.15, 0.2) is 23.1 Å². The molecule has 0 saturated heterocycles. The van der Waals surface area contributed by atoms with Crippen molar-refractivity contribution in [3.8, 4) is 0 Å². The second kappa shape index (κ2) is 4.83. The lowest BCUT2D eigenvalue weighted by molar-refractivity contribution is 1.46. The quantitative estimate of drug-likeness (QED) is 0.542. The molecule has 0 heterocycles. The second-order valence-electron chi connectivity index (χ2n) is 1.98. The normalized spacial score (nSPS) is 10.8. The van der Waals surface area contributed by atoms with Crippen molar-refractivity contribution in [2.75, 3.05) is 0 Å². The third-order valence-corrected chi connectivity index (χ3v) is 2.72. The van der Waals surface area contributed by atoms with Gasteiger partial charge in [0.15, 0.2) is 4.17 Å². The van der Waals surface area contributed by atoms with Crippen LogP contribution in [0, 0.1) is 0 Å². The smallest absolute Gasteiger partial charge is 0.0928 e. The Balaban J connectivity index is 2.85. The van der Waals surface area contributed by atoms with Gasteiger partial charge in [-0.05, 0) is 18.2 Å². The van der Waals surface area contributed by atoms with Gasteiger partial charge >= 0.3 is 0 Å². The molecule has 0 atom stereocenters. The predicted octanol–water partition coefficient (Wildman–Crippen LogP) is 4.85. The van der Waals surface area contributed by atoms with Gasteiger partial charge in [-0.25, -0.2) is 0 Å². The molecule has 1 aromatic rings. The third kappa shape index (κ3) is 3.63. The largest absolute Gasteiger partial charge is 0.157 e. The van der Waals surface area contributed by atoms with E-state index in [2.05, 4.69) is 0 Å². The van der Waals surface area contributed by atoms with E-state index in [0.29, 0.717) is 10.0 Å². The average molecular weight is 262 g/mol. The van der Waals surface area contributed by atoms with E-state index in [1.807, 2.05) is 0 Å². The number of hydrogen-bond acceptors (Lipinski definition) is 1. The van der Waals surface area contributed by atoms with Crippen molar-refractivity contribution in [1.29, 1.82) is 0 Å². The number of thioether (sulfide) groups is 1. The van der Waals surface area contributed by atoms with Crippen LogP contribution < -0.4 is 0 Å². The second-order valence-corrected chi connectivity index (χ2v) is 5.65. The molecule has 0 saturated carbocycles. The number of benzene rings is 1. The lowest BCUT2D eigenvalue weighted by Crippen LogP contribution is -1.78. The van der Waals surface area contributed by atoms with Gasteiger partial charge in [-0.2, -0.15) is 0 Å². The van der Waals surface area contributed by atoms with Crippen LogP contribution >= 0.6 is 58.2 Å². The molecule has 0 nitrogen and oxygen atoms in total. The Morgan fingerprint density at radius 2 is 1.50 bits per heavy atom. The summed E-state index contributed by atoms with van der Waals surface area (Å²) >= 11 is 23.9. The van der Waals surface area contributed by atoms with Gasteiger partial charge in [-0.15, -0.1) is 0 Å². The summed E-state index contributed by atoms with van der Waals surface area (Å²) in [4.78, 5) is 0.863. The summed E-state index contributed by atoms with van der Waals surface area (Å²) in [5.41, 5.74) is 0. The van der Waals surface area contributed by atoms with Crippen molar-refractivity contribution in [3.05, 3.63) is 28.2 Å². The molecule has 0 aliphatic carbocycles. The highest BCUT2D eigenvalue weighted by molar-refractivity contribution is 8.02. The molecule has 12 heavy (non-hydrogen) atoms. The van der Waals surface area contributed by atoms with Gasteiger partial charge in [0, 0.05) is 14.9 Å². The molecule has 0 fully saturated rings. The Bertz CT molecular complexity index is 254. The van der Waals surface area contributed by atoms with E-state index in [0.717, 1.165) is 4.90 Å². The van der Waals surface area contributed by atoms with Crippen LogP contribution in [0.4, 0.5) is 0 Å². The molecular weight excluding hydrogens is 258 g/mol. The lowest BCUT2D eigenvalue weighted by Gasteiger charge is -2.02. The summed E-state index contributed by atoms with van der Waals surface area (Å²) in [7, 11) is 0. The van der Waals surface area contributed by atoms with Gasteiger partial charge in [-0.3, -0.25) is 0 Å². The SMILES string of the molecule is Clc1cc(Cl)cc(SC(Cl)Cl)c1. The maximum absolute atomic E-state index is 5.75. The fourth-order valence-electron chi connectivity index (χ4n) is 0.699. The van der Waals surface area contributed by atoms with Crippen molar-refractivity contribution in [1.82, 2.24) is 0 Å². The van der Waals surface area contributed by atoms with Gasteiger partial charge in [-0.1, -0.05) is 58.2 Å². The maximum Gasteiger partial charge on any atom is 0.157 e. The summed E-state index contributed by atoms with van der Waals surface area (Å²) in [5.74, 6) is 0. The molecule has 0 unspecified atom stereocenters. The summed E-state index contributed by atoms with van der Waals surface area (Å²) in [6.07, 6.45) is 0. The minimum absolute atomic E-state index is 0.500. The number of rotatable bonds is 2. The van der Waals surface area contributed by atoms with Gasteiger partial charge < -0.3 is 0 Å². The Hall–Kier alpha value is 0.730. The lowest BCUT2D eigenvalue weighted by atomic mass is 10.4. The highest BCUT2D eigenvalue weighted by atomic mass is 35.5. The first-order valence-corrected chi connectivity index (χ1v) is 5.49. The van der Waals surface area contributed by atoms with Crippen LogP contribution in [0.5, 0.6) is 0 Å². The van der Waals surface area contributed by atoms with Crippen molar-refractivity contribution >= 4 is 58.2 Å². The van der Waals surface area contributed by atoms with E-state index < -0.39 is 4.17 Å². The molecule has 0 bridgehead atoms. The molecular formula is C7H4Cl4S. The summed E-state index contributed by atoms with van der Waals surface area (Å²) in [6.45, 7) is 0. The fraction of sp³-hybridized carbons (Fsp3) is 0.143. The van der Waals surface area contributed by atoms with E-state index in [4.69, 9.17) is 46.4 Å². The first-order valence-electron chi connectivity index (χ1n) is 2.99. The van der Waals surface area contributed by atoms with E-state index in [1.54, 1.807) is 18.2 Å². The Morgan fingerprint density at radius 1 is 1.00 bits per heavy atom. The van der Waals surface area contributed by atoms with Crippen molar-refractivity contribution in [3.63, 3.8) is 0 Å². The van der Waals surface area contributed by atoms with Crippen molar-refractivity contribution in [2.24, 2.45) is 0 Å². The molecule has 0 aliphatic heterocycles. The van der Waals surface area contributed by atoms with Gasteiger partial charge in [0.1, 0.15) is 0 Å². The van der Waals surface area contributed by atoms with Gasteiger partial charge in [0.05, 0.1) is 0 Å². The molecule has 0 amide bonds. The van der Waals surface area contributed by atoms with Crippen LogP contribution in [0.1, 0.15) is 0 Å². The van der Waals surface area contributed by atoms with Crippen LogP contribution in [-0.2, 0) is 0 Å². The van der Waals surface area contributed by atoms with E-state index >= 15 is 0 Å². The molecule has 1 aromatic carbocycles. The molecule has 0 aliphatic rings. The van der Waals surface area contributed by atoms with Crippen LogP contribution in [0.2, 0.25) is 10.0 Å². The molecule has 0 N–H and O–H groups in total. The van der Waals surface area contributed by atoms with E-state index in [-0.39, 0.29) is 0 Å². The Labute approximate surface area is 95.1 Å². The van der Waals surface area contributed by atoms with Crippen LogP contribution in [0.3, 0.4) is 0 Å². The first kappa shape index (κ1) is 10.8. The van der Waals surface area contributed by atoms with Crippen LogP contribution in [0.25, 0.3) is 0 Å². The number of halogens is 4. The zero-order valence-corrected chi connectivity index (χ0v) is 9.57. The third-order valence-electron chi connectivity index (χ3n) is 1.06.